The van der Waals surface area contributed by atoms with E-state index < -0.39 is 0 Å². The van der Waals surface area contributed by atoms with E-state index in [1.807, 2.05) is 23.6 Å². The highest BCUT2D eigenvalue weighted by atomic mass is 35.5. The number of rotatable bonds is 1. The monoisotopic (exact) mass is 304 g/mol. The first-order valence-corrected chi connectivity index (χ1v) is 7.55. The van der Waals surface area contributed by atoms with Crippen molar-refractivity contribution in [3.8, 4) is 0 Å². The van der Waals surface area contributed by atoms with Crippen molar-refractivity contribution in [3.63, 3.8) is 0 Å². The number of nitrogen functional groups attached to an aromatic ring is 1. The summed E-state index contributed by atoms with van der Waals surface area (Å²) >= 11 is 13.8. The Balaban J connectivity index is 2.28. The SMILES string of the molecule is CC1CSCCN1C(=O)c1cc(Cl)c(N)c(Cl)c1. The smallest absolute Gasteiger partial charge is 0.254 e. The second-order valence-corrected chi connectivity index (χ2v) is 6.24. The minimum absolute atomic E-state index is 0.0356. The van der Waals surface area contributed by atoms with Gasteiger partial charge in [0.15, 0.2) is 0 Å². The number of carbonyl (C=O) groups is 1. The zero-order chi connectivity index (χ0) is 13.3. The van der Waals surface area contributed by atoms with Crippen LogP contribution < -0.4 is 5.73 Å². The fraction of sp³-hybridized carbons (Fsp3) is 0.417. The van der Waals surface area contributed by atoms with E-state index in [0.717, 1.165) is 18.1 Å². The number of halogens is 2. The van der Waals surface area contributed by atoms with Crippen LogP contribution in [0.1, 0.15) is 17.3 Å². The molecule has 0 radical (unpaired) electrons. The molecule has 0 bridgehead atoms. The van der Waals surface area contributed by atoms with Gasteiger partial charge < -0.3 is 10.6 Å². The molecule has 1 aromatic carbocycles. The summed E-state index contributed by atoms with van der Waals surface area (Å²) in [5.74, 6) is 1.89. The third-order valence-corrected chi connectivity index (χ3v) is 4.77. The van der Waals surface area contributed by atoms with Gasteiger partial charge in [-0.15, -0.1) is 0 Å². The van der Waals surface area contributed by atoms with Crippen LogP contribution in [-0.2, 0) is 0 Å². The van der Waals surface area contributed by atoms with E-state index >= 15 is 0 Å². The average molecular weight is 305 g/mol. The number of nitrogens with two attached hydrogens (primary N) is 1. The summed E-state index contributed by atoms with van der Waals surface area (Å²) < 4.78 is 0. The van der Waals surface area contributed by atoms with E-state index in [1.54, 1.807) is 12.1 Å². The van der Waals surface area contributed by atoms with Crippen LogP contribution in [-0.4, -0.2) is 34.9 Å². The topological polar surface area (TPSA) is 46.3 Å². The minimum Gasteiger partial charge on any atom is -0.396 e. The molecular weight excluding hydrogens is 291 g/mol. The molecule has 0 aromatic heterocycles. The molecule has 6 heteroatoms. The van der Waals surface area contributed by atoms with Gasteiger partial charge in [-0.25, -0.2) is 0 Å². The maximum Gasteiger partial charge on any atom is 0.254 e. The highest BCUT2D eigenvalue weighted by Gasteiger charge is 2.25. The molecule has 1 amide bonds. The maximum atomic E-state index is 12.4. The highest BCUT2D eigenvalue weighted by molar-refractivity contribution is 7.99. The van der Waals surface area contributed by atoms with Crippen LogP contribution in [0, 0.1) is 0 Å². The fourth-order valence-electron chi connectivity index (χ4n) is 1.90. The Morgan fingerprint density at radius 3 is 2.61 bits per heavy atom. The molecule has 1 aromatic rings. The molecule has 0 spiro atoms. The van der Waals surface area contributed by atoms with Gasteiger partial charge >= 0.3 is 0 Å². The Morgan fingerprint density at radius 1 is 1.44 bits per heavy atom. The van der Waals surface area contributed by atoms with Crippen LogP contribution in [0.25, 0.3) is 0 Å². The van der Waals surface area contributed by atoms with Crippen molar-refractivity contribution in [1.82, 2.24) is 4.90 Å². The van der Waals surface area contributed by atoms with Gasteiger partial charge in [0.05, 0.1) is 15.7 Å². The predicted molar refractivity (Wildman–Crippen MR) is 78.7 cm³/mol. The molecule has 98 valence electrons. The van der Waals surface area contributed by atoms with Crippen molar-refractivity contribution in [2.75, 3.05) is 23.8 Å². The molecule has 1 aliphatic heterocycles. The van der Waals surface area contributed by atoms with Crippen LogP contribution in [0.5, 0.6) is 0 Å². The van der Waals surface area contributed by atoms with Crippen LogP contribution in [0.4, 0.5) is 5.69 Å². The molecule has 1 atom stereocenters. The fourth-order valence-corrected chi connectivity index (χ4v) is 3.40. The van der Waals surface area contributed by atoms with Crippen molar-refractivity contribution >= 4 is 46.6 Å². The van der Waals surface area contributed by atoms with E-state index in [-0.39, 0.29) is 11.9 Å². The number of hydrogen-bond acceptors (Lipinski definition) is 3. The summed E-state index contributed by atoms with van der Waals surface area (Å²) in [5, 5.41) is 0.648. The largest absolute Gasteiger partial charge is 0.396 e. The lowest BCUT2D eigenvalue weighted by Crippen LogP contribution is -2.44. The quantitative estimate of drug-likeness (QED) is 0.811. The standard InChI is InChI=1S/C12H14Cl2N2OS/c1-7-6-18-3-2-16(7)12(17)8-4-9(13)11(15)10(14)5-8/h4-5,7H,2-3,6,15H2,1H3. The molecule has 3 nitrogen and oxygen atoms in total. The number of benzene rings is 1. The molecule has 1 fully saturated rings. The molecule has 2 rings (SSSR count). The summed E-state index contributed by atoms with van der Waals surface area (Å²) in [6.45, 7) is 2.80. The Kier molecular flexibility index (Phi) is 4.30. The Bertz CT molecular complexity index is 458. The van der Waals surface area contributed by atoms with Crippen LogP contribution in [0.15, 0.2) is 12.1 Å². The van der Waals surface area contributed by atoms with Gasteiger partial charge in [0.2, 0.25) is 0 Å². The summed E-state index contributed by atoms with van der Waals surface area (Å²) in [6, 6.07) is 3.39. The van der Waals surface area contributed by atoms with E-state index in [2.05, 4.69) is 0 Å². The van der Waals surface area contributed by atoms with Crippen LogP contribution >= 0.6 is 35.0 Å². The van der Waals surface area contributed by atoms with Gasteiger partial charge in [0.1, 0.15) is 0 Å². The molecule has 2 N–H and O–H groups in total. The molecule has 1 unspecified atom stereocenters. The molecule has 1 saturated heterocycles. The minimum atomic E-state index is -0.0356. The third-order valence-electron chi connectivity index (χ3n) is 2.95. The number of amides is 1. The normalized spacial score (nSPS) is 19.9. The van der Waals surface area contributed by atoms with E-state index in [1.165, 1.54) is 0 Å². The summed E-state index contributed by atoms with van der Waals surface area (Å²) in [5.41, 5.74) is 6.48. The lowest BCUT2D eigenvalue weighted by Gasteiger charge is -2.33. The van der Waals surface area contributed by atoms with Gasteiger partial charge in [-0.1, -0.05) is 23.2 Å². The summed E-state index contributed by atoms with van der Waals surface area (Å²) in [7, 11) is 0. The number of hydrogen-bond donors (Lipinski definition) is 1. The zero-order valence-electron chi connectivity index (χ0n) is 9.95. The molecule has 0 saturated carbocycles. The highest BCUT2D eigenvalue weighted by Crippen LogP contribution is 2.30. The third kappa shape index (κ3) is 2.71. The zero-order valence-corrected chi connectivity index (χ0v) is 12.3. The van der Waals surface area contributed by atoms with Gasteiger partial charge in [0, 0.05) is 29.7 Å². The van der Waals surface area contributed by atoms with E-state index in [9.17, 15) is 4.79 Å². The lowest BCUT2D eigenvalue weighted by atomic mass is 10.1. The number of thioether (sulfide) groups is 1. The van der Waals surface area contributed by atoms with Crippen molar-refractivity contribution in [2.24, 2.45) is 0 Å². The summed E-state index contributed by atoms with van der Waals surface area (Å²) in [4.78, 5) is 14.2. The average Bonchev–Trinajstić information content (AvgIpc) is 2.35. The Hall–Kier alpha value is -0.580. The van der Waals surface area contributed by atoms with E-state index in [4.69, 9.17) is 28.9 Å². The molecule has 1 aliphatic rings. The second kappa shape index (κ2) is 5.59. The van der Waals surface area contributed by atoms with E-state index in [0.29, 0.717) is 21.3 Å². The molecular formula is C12H14Cl2N2OS. The summed E-state index contributed by atoms with van der Waals surface area (Å²) in [6.07, 6.45) is 0. The van der Waals surface area contributed by atoms with Gasteiger partial charge in [-0.2, -0.15) is 11.8 Å². The first-order chi connectivity index (χ1) is 8.50. The number of anilines is 1. The molecule has 18 heavy (non-hydrogen) atoms. The molecule has 1 heterocycles. The van der Waals surface area contributed by atoms with Crippen molar-refractivity contribution in [2.45, 2.75) is 13.0 Å². The Labute approximate surface area is 121 Å². The number of carbonyl (C=O) groups excluding carboxylic acids is 1. The first-order valence-electron chi connectivity index (χ1n) is 5.64. The second-order valence-electron chi connectivity index (χ2n) is 4.28. The van der Waals surface area contributed by atoms with Crippen molar-refractivity contribution in [1.29, 1.82) is 0 Å². The first kappa shape index (κ1) is 13.8. The van der Waals surface area contributed by atoms with Crippen LogP contribution in [0.3, 0.4) is 0 Å². The predicted octanol–water partition coefficient (Wildman–Crippen LogP) is 3.15. The van der Waals surface area contributed by atoms with Gasteiger partial charge in [-0.05, 0) is 19.1 Å². The maximum absolute atomic E-state index is 12.4. The Morgan fingerprint density at radius 2 is 2.06 bits per heavy atom. The van der Waals surface area contributed by atoms with Crippen molar-refractivity contribution in [3.05, 3.63) is 27.7 Å². The van der Waals surface area contributed by atoms with Gasteiger partial charge in [-0.3, -0.25) is 4.79 Å². The van der Waals surface area contributed by atoms with Gasteiger partial charge in [0.25, 0.3) is 5.91 Å². The van der Waals surface area contributed by atoms with Crippen LogP contribution in [0.2, 0.25) is 10.0 Å². The lowest BCUT2D eigenvalue weighted by molar-refractivity contribution is 0.0716. The number of nitrogens with zero attached hydrogens (tertiary/aromatic N) is 1. The van der Waals surface area contributed by atoms with Crippen molar-refractivity contribution < 1.29 is 4.79 Å². The molecule has 0 aliphatic carbocycles.